The van der Waals surface area contributed by atoms with Gasteiger partial charge in [-0.25, -0.2) is 0 Å². The summed E-state index contributed by atoms with van der Waals surface area (Å²) >= 11 is 0. The molecule has 4 heteroatoms. The Balaban J connectivity index is 2.41. The van der Waals surface area contributed by atoms with E-state index in [0.717, 1.165) is 5.56 Å². The van der Waals surface area contributed by atoms with Gasteiger partial charge in [0.1, 0.15) is 11.4 Å². The number of nitrogens with zero attached hydrogens (tertiary/aromatic N) is 1. The van der Waals surface area contributed by atoms with Gasteiger partial charge in [0, 0.05) is 12.5 Å². The summed E-state index contributed by atoms with van der Waals surface area (Å²) in [5, 5.41) is 15.9. The molecule has 0 atom stereocenters. The van der Waals surface area contributed by atoms with Crippen molar-refractivity contribution in [1.29, 1.82) is 0 Å². The second-order valence-electron chi connectivity index (χ2n) is 3.27. The van der Waals surface area contributed by atoms with Crippen molar-refractivity contribution in [2.45, 2.75) is 6.92 Å². The molecule has 0 unspecified atom stereocenters. The molecular formula is C11H10N2O2. The second-order valence-corrected chi connectivity index (χ2v) is 3.27. The Hall–Kier alpha value is -2.10. The van der Waals surface area contributed by atoms with Crippen molar-refractivity contribution < 1.29 is 9.90 Å². The lowest BCUT2D eigenvalue weighted by atomic mass is 10.1. The van der Waals surface area contributed by atoms with Crippen LogP contribution in [0.3, 0.4) is 0 Å². The molecule has 1 heterocycles. The number of nitrogens with one attached hydrogen (secondary N) is 1. The number of hydrogen-bond acceptors (Lipinski definition) is 3. The number of carbonyl (C=O) groups is 1. The third-order valence-corrected chi connectivity index (χ3v) is 2.10. The average molecular weight is 202 g/mol. The number of phenolic OH excluding ortho intramolecular Hbond substituents is 1. The lowest BCUT2D eigenvalue weighted by Crippen LogP contribution is -1.90. The van der Waals surface area contributed by atoms with Crippen molar-refractivity contribution in [2.75, 3.05) is 0 Å². The summed E-state index contributed by atoms with van der Waals surface area (Å²) in [5.74, 6) is 0.119. The number of aromatic hydroxyl groups is 1. The number of ketones is 1. The van der Waals surface area contributed by atoms with E-state index < -0.39 is 0 Å². The lowest BCUT2D eigenvalue weighted by molar-refractivity contribution is 0.101. The smallest absolute Gasteiger partial charge is 0.177 e. The molecule has 0 bridgehead atoms. The fourth-order valence-electron chi connectivity index (χ4n) is 1.32. The molecular weight excluding hydrogens is 192 g/mol. The van der Waals surface area contributed by atoms with Gasteiger partial charge in [-0.1, -0.05) is 12.1 Å². The van der Waals surface area contributed by atoms with Gasteiger partial charge in [-0.15, -0.1) is 0 Å². The van der Waals surface area contributed by atoms with Crippen LogP contribution in [0.25, 0.3) is 11.3 Å². The third kappa shape index (κ3) is 1.88. The van der Waals surface area contributed by atoms with Crippen molar-refractivity contribution >= 4 is 5.78 Å². The number of carbonyl (C=O) groups excluding carboxylic acids is 1. The summed E-state index contributed by atoms with van der Waals surface area (Å²) in [7, 11) is 0. The van der Waals surface area contributed by atoms with E-state index >= 15 is 0 Å². The summed E-state index contributed by atoms with van der Waals surface area (Å²) in [5.41, 5.74) is 1.89. The number of H-pyrrole nitrogens is 1. The first-order valence-corrected chi connectivity index (χ1v) is 4.52. The van der Waals surface area contributed by atoms with Crippen LogP contribution in [0.5, 0.6) is 5.75 Å². The summed E-state index contributed by atoms with van der Waals surface area (Å²) in [6.07, 6.45) is 0. The number of phenols is 1. The second kappa shape index (κ2) is 3.57. The van der Waals surface area contributed by atoms with E-state index in [1.807, 2.05) is 6.07 Å². The molecule has 0 saturated heterocycles. The van der Waals surface area contributed by atoms with Crippen LogP contribution in [-0.2, 0) is 0 Å². The maximum absolute atomic E-state index is 11.0. The van der Waals surface area contributed by atoms with Crippen LogP contribution in [0.1, 0.15) is 17.4 Å². The first-order valence-electron chi connectivity index (χ1n) is 4.52. The van der Waals surface area contributed by atoms with Crippen LogP contribution in [0, 0.1) is 0 Å². The zero-order valence-electron chi connectivity index (χ0n) is 8.19. The van der Waals surface area contributed by atoms with Crippen LogP contribution < -0.4 is 0 Å². The minimum absolute atomic E-state index is 0.0612. The molecule has 0 saturated carbocycles. The maximum atomic E-state index is 11.0. The van der Waals surface area contributed by atoms with Crippen molar-refractivity contribution in [3.8, 4) is 17.0 Å². The number of benzene rings is 1. The Morgan fingerprint density at radius 2 is 2.20 bits per heavy atom. The first-order chi connectivity index (χ1) is 7.16. The van der Waals surface area contributed by atoms with Crippen LogP contribution >= 0.6 is 0 Å². The molecule has 2 rings (SSSR count). The van der Waals surface area contributed by atoms with Crippen LogP contribution in [0.2, 0.25) is 0 Å². The van der Waals surface area contributed by atoms with Crippen molar-refractivity contribution in [1.82, 2.24) is 10.2 Å². The van der Waals surface area contributed by atoms with E-state index in [1.165, 1.54) is 6.92 Å². The number of aromatic nitrogens is 2. The zero-order valence-corrected chi connectivity index (χ0v) is 8.19. The highest BCUT2D eigenvalue weighted by Gasteiger charge is 2.06. The van der Waals surface area contributed by atoms with Gasteiger partial charge in [-0.05, 0) is 18.2 Å². The molecule has 1 aromatic heterocycles. The highest BCUT2D eigenvalue weighted by molar-refractivity contribution is 5.93. The molecule has 4 nitrogen and oxygen atoms in total. The van der Waals surface area contributed by atoms with Gasteiger partial charge in [0.15, 0.2) is 5.78 Å². The van der Waals surface area contributed by atoms with Crippen LogP contribution in [-0.4, -0.2) is 21.1 Å². The summed E-state index contributed by atoms with van der Waals surface area (Å²) < 4.78 is 0. The number of aromatic amines is 1. The molecule has 0 fully saturated rings. The van der Waals surface area contributed by atoms with E-state index in [-0.39, 0.29) is 11.5 Å². The summed E-state index contributed by atoms with van der Waals surface area (Å²) in [4.78, 5) is 11.0. The van der Waals surface area contributed by atoms with Gasteiger partial charge < -0.3 is 5.11 Å². The molecule has 0 aliphatic heterocycles. The van der Waals surface area contributed by atoms with Gasteiger partial charge in [-0.2, -0.15) is 5.10 Å². The molecule has 0 amide bonds. The zero-order chi connectivity index (χ0) is 10.8. The van der Waals surface area contributed by atoms with Gasteiger partial charge in [0.25, 0.3) is 0 Å². The SMILES string of the molecule is CC(=O)c1cc(-c2cccc(O)c2)n[nH]1. The fraction of sp³-hybridized carbons (Fsp3) is 0.0909. The molecule has 0 spiro atoms. The topological polar surface area (TPSA) is 66.0 Å². The van der Waals surface area contributed by atoms with E-state index in [1.54, 1.807) is 24.3 Å². The Labute approximate surface area is 86.6 Å². The number of rotatable bonds is 2. The molecule has 0 aliphatic carbocycles. The number of hydrogen-bond donors (Lipinski definition) is 2. The van der Waals surface area contributed by atoms with Gasteiger partial charge in [0.2, 0.25) is 0 Å². The standard InChI is InChI=1S/C11H10N2O2/c1-7(14)10-6-11(13-12-10)8-3-2-4-9(15)5-8/h2-6,15H,1H3,(H,12,13). The molecule has 2 N–H and O–H groups in total. The maximum Gasteiger partial charge on any atom is 0.177 e. The minimum atomic E-state index is -0.0612. The first kappa shape index (κ1) is 9.45. The monoisotopic (exact) mass is 202 g/mol. The molecule has 76 valence electrons. The van der Waals surface area contributed by atoms with Gasteiger partial charge in [-0.3, -0.25) is 9.89 Å². The van der Waals surface area contributed by atoms with E-state index in [0.29, 0.717) is 11.4 Å². The van der Waals surface area contributed by atoms with E-state index in [4.69, 9.17) is 0 Å². The summed E-state index contributed by atoms with van der Waals surface area (Å²) in [6.45, 7) is 1.47. The van der Waals surface area contributed by atoms with Crippen LogP contribution in [0.15, 0.2) is 30.3 Å². The predicted octanol–water partition coefficient (Wildman–Crippen LogP) is 1.98. The van der Waals surface area contributed by atoms with E-state index in [9.17, 15) is 9.90 Å². The van der Waals surface area contributed by atoms with Crippen molar-refractivity contribution in [2.24, 2.45) is 0 Å². The molecule has 2 aromatic rings. The molecule has 15 heavy (non-hydrogen) atoms. The molecule has 0 aliphatic rings. The fourth-order valence-corrected chi connectivity index (χ4v) is 1.32. The third-order valence-electron chi connectivity index (χ3n) is 2.10. The van der Waals surface area contributed by atoms with Crippen molar-refractivity contribution in [3.63, 3.8) is 0 Å². The lowest BCUT2D eigenvalue weighted by Gasteiger charge is -1.95. The van der Waals surface area contributed by atoms with Crippen LogP contribution in [0.4, 0.5) is 0 Å². The highest BCUT2D eigenvalue weighted by Crippen LogP contribution is 2.21. The molecule has 1 aromatic carbocycles. The number of Topliss-reactive ketones (excluding diaryl/α,β-unsaturated/α-hetero) is 1. The van der Waals surface area contributed by atoms with E-state index in [2.05, 4.69) is 10.2 Å². The highest BCUT2D eigenvalue weighted by atomic mass is 16.3. The summed E-state index contributed by atoms with van der Waals surface area (Å²) in [6, 6.07) is 8.39. The average Bonchev–Trinajstić information content (AvgIpc) is 2.66. The van der Waals surface area contributed by atoms with Crippen molar-refractivity contribution in [3.05, 3.63) is 36.0 Å². The molecule has 0 radical (unpaired) electrons. The van der Waals surface area contributed by atoms with Gasteiger partial charge >= 0.3 is 0 Å². The quantitative estimate of drug-likeness (QED) is 0.732. The largest absolute Gasteiger partial charge is 0.508 e. The minimum Gasteiger partial charge on any atom is -0.508 e. The Morgan fingerprint density at radius 1 is 1.40 bits per heavy atom. The van der Waals surface area contributed by atoms with Gasteiger partial charge in [0.05, 0.1) is 5.69 Å². The predicted molar refractivity (Wildman–Crippen MR) is 55.7 cm³/mol. The normalized spacial score (nSPS) is 10.2. The Kier molecular flexibility index (Phi) is 2.25. The Morgan fingerprint density at radius 3 is 2.80 bits per heavy atom. The Bertz CT molecular complexity index is 503.